The van der Waals surface area contributed by atoms with Crippen LogP contribution >= 0.6 is 19.0 Å². The molecule has 5 rings (SSSR count). The van der Waals surface area contributed by atoms with Gasteiger partial charge in [0, 0.05) is 37.4 Å². The van der Waals surface area contributed by atoms with E-state index in [1.54, 1.807) is 40.5 Å². The van der Waals surface area contributed by atoms with Gasteiger partial charge < -0.3 is 9.80 Å². The van der Waals surface area contributed by atoms with E-state index in [0.29, 0.717) is 30.3 Å². The van der Waals surface area contributed by atoms with Gasteiger partial charge in [0.15, 0.2) is 5.82 Å². The lowest BCUT2D eigenvalue weighted by atomic mass is 9.86. The SMILES string of the molecule is C=CC(=O)N1C[C@H](C)N(C2=N[P@](C)(=O)N(c3ccccc3C(C)(C)C)c3nc(-c4ccccc4F)c(Cl)cc32)C[C@H]1C. The highest BCUT2D eigenvalue weighted by Crippen LogP contribution is 2.60. The number of carbonyl (C=O) groups is 1. The smallest absolute Gasteiger partial charge is 0.285 e. The van der Waals surface area contributed by atoms with Gasteiger partial charge in [-0.1, -0.05) is 69.3 Å². The number of fused-ring (bicyclic) bond motifs is 1. The van der Waals surface area contributed by atoms with Gasteiger partial charge in [0.05, 0.1) is 22.0 Å². The van der Waals surface area contributed by atoms with Crippen molar-refractivity contribution in [2.45, 2.75) is 52.1 Å². The molecular formula is C32H36ClFN5O2P. The number of piperazine rings is 1. The number of amidine groups is 1. The number of benzene rings is 2. The minimum absolute atomic E-state index is 0.134. The fourth-order valence-corrected chi connectivity index (χ4v) is 7.76. The van der Waals surface area contributed by atoms with Gasteiger partial charge in [0.1, 0.15) is 11.7 Å². The third-order valence-corrected chi connectivity index (χ3v) is 9.83. The lowest BCUT2D eigenvalue weighted by molar-refractivity contribution is -0.130. The van der Waals surface area contributed by atoms with E-state index in [1.807, 2.05) is 38.1 Å². The Labute approximate surface area is 252 Å². The van der Waals surface area contributed by atoms with Crippen LogP contribution in [0.5, 0.6) is 0 Å². The Bertz CT molecular complexity index is 1650. The van der Waals surface area contributed by atoms with Gasteiger partial charge in [-0.25, -0.2) is 9.37 Å². The second-order valence-corrected chi connectivity index (χ2v) is 14.7. The molecule has 1 aromatic heterocycles. The van der Waals surface area contributed by atoms with E-state index in [-0.39, 0.29) is 39.7 Å². The van der Waals surface area contributed by atoms with E-state index in [2.05, 4.69) is 32.3 Å². The van der Waals surface area contributed by atoms with Gasteiger partial charge in [0.25, 0.3) is 7.44 Å². The minimum Gasteiger partial charge on any atom is -0.349 e. The maximum atomic E-state index is 15.0. The van der Waals surface area contributed by atoms with E-state index in [1.165, 1.54) is 12.1 Å². The maximum absolute atomic E-state index is 15.0. The number of anilines is 2. The topological polar surface area (TPSA) is 69.1 Å². The highest BCUT2D eigenvalue weighted by Gasteiger charge is 2.43. The zero-order valence-electron chi connectivity index (χ0n) is 24.8. The van der Waals surface area contributed by atoms with Crippen LogP contribution in [0.25, 0.3) is 11.3 Å². The number of hydrogen-bond donors (Lipinski definition) is 0. The standard InChI is InChI=1S/C32H36ClFN5O2P/c1-8-28(40)37-18-21(3)38(19-20(37)2)31-23-17-25(33)29(22-13-9-11-15-26(22)34)35-30(23)39(42(7,41)36-31)27-16-12-10-14-24(27)32(4,5)6/h8-17,20-21H,1,18-19H2,2-7H3/t20-,21+,42+/m1/s1. The third kappa shape index (κ3) is 5.27. The predicted octanol–water partition coefficient (Wildman–Crippen LogP) is 7.67. The molecule has 3 aromatic rings. The third-order valence-electron chi connectivity index (χ3n) is 7.83. The number of carbonyl (C=O) groups excluding carboxylic acids is 1. The Morgan fingerprint density at radius 1 is 1.07 bits per heavy atom. The molecule has 7 nitrogen and oxygen atoms in total. The predicted molar refractivity (Wildman–Crippen MR) is 170 cm³/mol. The molecule has 0 unspecified atom stereocenters. The molecule has 1 amide bonds. The summed E-state index contributed by atoms with van der Waals surface area (Å²) in [6, 6.07) is 15.6. The first-order chi connectivity index (χ1) is 19.7. The van der Waals surface area contributed by atoms with Crippen molar-refractivity contribution < 1.29 is 13.8 Å². The number of hydrogen-bond acceptors (Lipinski definition) is 4. The van der Waals surface area contributed by atoms with Crippen molar-refractivity contribution in [2.24, 2.45) is 4.76 Å². The van der Waals surface area contributed by atoms with Crippen molar-refractivity contribution in [1.82, 2.24) is 14.8 Å². The molecule has 220 valence electrons. The molecule has 2 aromatic carbocycles. The summed E-state index contributed by atoms with van der Waals surface area (Å²) in [4.78, 5) is 21.3. The van der Waals surface area contributed by atoms with Crippen LogP contribution in [0.15, 0.2) is 72.0 Å². The molecule has 2 aliphatic heterocycles. The summed E-state index contributed by atoms with van der Waals surface area (Å²) >= 11 is 6.83. The van der Waals surface area contributed by atoms with E-state index in [0.717, 1.165) is 11.3 Å². The molecule has 1 saturated heterocycles. The second kappa shape index (κ2) is 11.0. The first-order valence-electron chi connectivity index (χ1n) is 14.0. The van der Waals surface area contributed by atoms with E-state index in [9.17, 15) is 9.36 Å². The molecule has 0 spiro atoms. The summed E-state index contributed by atoms with van der Waals surface area (Å²) in [7, 11) is -3.51. The molecule has 3 atom stereocenters. The Kier molecular flexibility index (Phi) is 7.84. The van der Waals surface area contributed by atoms with Crippen molar-refractivity contribution in [3.8, 4) is 11.3 Å². The summed E-state index contributed by atoms with van der Waals surface area (Å²) in [5, 5.41) is 0.254. The Morgan fingerprint density at radius 3 is 2.40 bits per heavy atom. The fourth-order valence-electron chi connectivity index (χ4n) is 5.76. The maximum Gasteiger partial charge on any atom is 0.285 e. The van der Waals surface area contributed by atoms with Gasteiger partial charge in [-0.3, -0.25) is 14.0 Å². The van der Waals surface area contributed by atoms with Gasteiger partial charge in [-0.2, -0.15) is 4.76 Å². The summed E-state index contributed by atoms with van der Waals surface area (Å²) in [6.07, 6.45) is 1.32. The molecule has 0 radical (unpaired) electrons. The molecule has 0 saturated carbocycles. The Hall–Kier alpha value is -3.48. The molecule has 42 heavy (non-hydrogen) atoms. The van der Waals surface area contributed by atoms with E-state index < -0.39 is 13.3 Å². The first-order valence-corrected chi connectivity index (χ1v) is 16.4. The number of pyridine rings is 1. The van der Waals surface area contributed by atoms with Crippen molar-refractivity contribution in [1.29, 1.82) is 0 Å². The van der Waals surface area contributed by atoms with Gasteiger partial charge >= 0.3 is 0 Å². The minimum atomic E-state index is -3.51. The van der Waals surface area contributed by atoms with Crippen LogP contribution in [0, 0.1) is 5.82 Å². The number of amides is 1. The largest absolute Gasteiger partial charge is 0.349 e. The lowest BCUT2D eigenvalue weighted by Gasteiger charge is -2.47. The van der Waals surface area contributed by atoms with Gasteiger partial charge in [-0.05, 0) is 55.2 Å². The van der Waals surface area contributed by atoms with Crippen molar-refractivity contribution in [3.05, 3.63) is 89.2 Å². The number of rotatable bonds is 3. The molecular weight excluding hydrogens is 572 g/mol. The normalized spacial score (nSPS) is 22.5. The van der Waals surface area contributed by atoms with Crippen LogP contribution in [-0.2, 0) is 14.8 Å². The van der Waals surface area contributed by atoms with E-state index >= 15 is 4.39 Å². The second-order valence-electron chi connectivity index (χ2n) is 12.1. The van der Waals surface area contributed by atoms with Crippen LogP contribution in [-0.4, -0.2) is 58.4 Å². The zero-order chi connectivity index (χ0) is 30.6. The van der Waals surface area contributed by atoms with Crippen molar-refractivity contribution in [3.63, 3.8) is 0 Å². The number of nitrogens with zero attached hydrogens (tertiary/aromatic N) is 5. The van der Waals surface area contributed by atoms with Crippen LogP contribution in [0.3, 0.4) is 0 Å². The quantitative estimate of drug-likeness (QED) is 0.226. The summed E-state index contributed by atoms with van der Waals surface area (Å²) in [6.45, 7) is 16.4. The fraction of sp³-hybridized carbons (Fsp3) is 0.344. The summed E-state index contributed by atoms with van der Waals surface area (Å²) < 4.78 is 36.4. The monoisotopic (exact) mass is 607 g/mol. The number of halogens is 2. The number of aromatic nitrogens is 1. The van der Waals surface area contributed by atoms with Crippen molar-refractivity contribution >= 4 is 42.3 Å². The molecule has 0 N–H and O–H groups in total. The van der Waals surface area contributed by atoms with Gasteiger partial charge in [0.2, 0.25) is 5.91 Å². The van der Waals surface area contributed by atoms with Gasteiger partial charge in [-0.15, -0.1) is 0 Å². The molecule has 1 fully saturated rings. The zero-order valence-corrected chi connectivity index (χ0v) is 26.5. The molecule has 3 heterocycles. The van der Waals surface area contributed by atoms with Crippen LogP contribution in [0.1, 0.15) is 45.7 Å². The molecule has 0 aliphatic carbocycles. The van der Waals surface area contributed by atoms with Crippen LogP contribution in [0.4, 0.5) is 15.9 Å². The lowest BCUT2D eigenvalue weighted by Crippen LogP contribution is -2.59. The van der Waals surface area contributed by atoms with E-state index in [4.69, 9.17) is 21.3 Å². The molecule has 10 heteroatoms. The Morgan fingerprint density at radius 2 is 1.74 bits per heavy atom. The Balaban J connectivity index is 1.75. The van der Waals surface area contributed by atoms with Crippen LogP contribution < -0.4 is 4.67 Å². The molecule has 2 aliphatic rings. The summed E-state index contributed by atoms with van der Waals surface area (Å²) in [5.74, 6) is 0.308. The summed E-state index contributed by atoms with van der Waals surface area (Å²) in [5.41, 5.74) is 2.52. The van der Waals surface area contributed by atoms with Crippen LogP contribution in [0.2, 0.25) is 5.02 Å². The average Bonchev–Trinajstić information content (AvgIpc) is 2.93. The highest BCUT2D eigenvalue weighted by molar-refractivity contribution is 7.64. The number of para-hydroxylation sites is 1. The first kappa shape index (κ1) is 30.0. The average molecular weight is 608 g/mol. The molecule has 0 bridgehead atoms. The van der Waals surface area contributed by atoms with Crippen molar-refractivity contribution in [2.75, 3.05) is 24.4 Å². The highest BCUT2D eigenvalue weighted by atomic mass is 35.5.